The minimum atomic E-state index is -0.272. The zero-order valence-corrected chi connectivity index (χ0v) is 11.0. The average molecular weight is 241 g/mol. The van der Waals surface area contributed by atoms with Crippen LogP contribution in [-0.2, 0) is 14.3 Å². The first-order valence-corrected chi connectivity index (χ1v) is 6.37. The van der Waals surface area contributed by atoms with E-state index in [1.165, 1.54) is 0 Å². The van der Waals surface area contributed by atoms with Crippen molar-refractivity contribution in [1.82, 2.24) is 0 Å². The summed E-state index contributed by atoms with van der Waals surface area (Å²) in [4.78, 5) is 11.7. The first-order valence-electron chi connectivity index (χ1n) is 6.37. The van der Waals surface area contributed by atoms with E-state index in [2.05, 4.69) is 6.92 Å². The van der Waals surface area contributed by atoms with E-state index in [-0.39, 0.29) is 18.2 Å². The normalized spacial score (nSPS) is 20.1. The van der Waals surface area contributed by atoms with Crippen molar-refractivity contribution in [3.8, 4) is 0 Å². The first-order chi connectivity index (χ1) is 8.06. The second-order valence-corrected chi connectivity index (χ2v) is 4.64. The van der Waals surface area contributed by atoms with Crippen molar-refractivity contribution in [3.05, 3.63) is 11.3 Å². The van der Waals surface area contributed by atoms with Crippen LogP contribution in [0.5, 0.6) is 0 Å². The largest absolute Gasteiger partial charge is 0.462 e. The van der Waals surface area contributed by atoms with Crippen LogP contribution in [0.15, 0.2) is 11.3 Å². The lowest BCUT2D eigenvalue weighted by Gasteiger charge is -2.16. The molecule has 4 heteroatoms. The number of ether oxygens (including phenoxy) is 2. The molecule has 1 aliphatic carbocycles. The van der Waals surface area contributed by atoms with Gasteiger partial charge in [0.2, 0.25) is 0 Å². The molecule has 1 atom stereocenters. The van der Waals surface area contributed by atoms with Crippen LogP contribution >= 0.6 is 0 Å². The second kappa shape index (κ2) is 6.64. The van der Waals surface area contributed by atoms with Crippen molar-refractivity contribution in [2.24, 2.45) is 5.73 Å². The van der Waals surface area contributed by atoms with Gasteiger partial charge < -0.3 is 15.2 Å². The SMILES string of the molecule is CCCCOC(=O)C1=C(N)C(OC(C)C)CC1. The molecule has 0 saturated carbocycles. The molecule has 0 radical (unpaired) electrons. The summed E-state index contributed by atoms with van der Waals surface area (Å²) in [6.45, 7) is 6.46. The smallest absolute Gasteiger partial charge is 0.335 e. The number of hydrogen-bond acceptors (Lipinski definition) is 4. The van der Waals surface area contributed by atoms with Gasteiger partial charge in [-0.1, -0.05) is 13.3 Å². The van der Waals surface area contributed by atoms with Crippen LogP contribution in [0, 0.1) is 0 Å². The summed E-state index contributed by atoms with van der Waals surface area (Å²) in [7, 11) is 0. The van der Waals surface area contributed by atoms with Crippen LogP contribution in [0.3, 0.4) is 0 Å². The predicted molar refractivity (Wildman–Crippen MR) is 66.3 cm³/mol. The average Bonchev–Trinajstić information content (AvgIpc) is 2.60. The quantitative estimate of drug-likeness (QED) is 0.571. The number of unbranched alkanes of at least 4 members (excludes halogenated alkanes) is 1. The molecule has 0 amide bonds. The molecule has 1 aliphatic rings. The van der Waals surface area contributed by atoms with Crippen LogP contribution in [0.25, 0.3) is 0 Å². The van der Waals surface area contributed by atoms with Crippen molar-refractivity contribution < 1.29 is 14.3 Å². The summed E-state index contributed by atoms with van der Waals surface area (Å²) < 4.78 is 10.8. The Kier molecular flexibility index (Phi) is 5.48. The first kappa shape index (κ1) is 14.0. The van der Waals surface area contributed by atoms with Gasteiger partial charge in [0.25, 0.3) is 0 Å². The Labute approximate surface area is 103 Å². The zero-order valence-electron chi connectivity index (χ0n) is 11.0. The summed E-state index contributed by atoms with van der Waals surface area (Å²) >= 11 is 0. The fourth-order valence-electron chi connectivity index (χ4n) is 1.86. The summed E-state index contributed by atoms with van der Waals surface area (Å²) in [5.74, 6) is -0.272. The topological polar surface area (TPSA) is 61.5 Å². The molecule has 0 aromatic rings. The third kappa shape index (κ3) is 4.04. The Morgan fingerprint density at radius 1 is 1.53 bits per heavy atom. The van der Waals surface area contributed by atoms with Crippen LogP contribution in [0.2, 0.25) is 0 Å². The van der Waals surface area contributed by atoms with Gasteiger partial charge >= 0.3 is 5.97 Å². The number of carbonyl (C=O) groups is 1. The van der Waals surface area contributed by atoms with E-state index >= 15 is 0 Å². The highest BCUT2D eigenvalue weighted by atomic mass is 16.5. The molecule has 1 unspecified atom stereocenters. The molecule has 0 saturated heterocycles. The Morgan fingerprint density at radius 3 is 2.82 bits per heavy atom. The standard InChI is InChI=1S/C13H23NO3/c1-4-5-8-16-13(15)10-6-7-11(12(10)14)17-9(2)3/h9,11H,4-8,14H2,1-3H3. The highest BCUT2D eigenvalue weighted by Gasteiger charge is 2.29. The van der Waals surface area contributed by atoms with Gasteiger partial charge in [-0.3, -0.25) is 0 Å². The summed E-state index contributed by atoms with van der Waals surface area (Å²) in [6.07, 6.45) is 3.35. The lowest BCUT2D eigenvalue weighted by atomic mass is 10.2. The summed E-state index contributed by atoms with van der Waals surface area (Å²) in [5, 5.41) is 0. The number of hydrogen-bond donors (Lipinski definition) is 1. The minimum Gasteiger partial charge on any atom is -0.462 e. The molecule has 1 rings (SSSR count). The van der Waals surface area contributed by atoms with Crippen molar-refractivity contribution in [1.29, 1.82) is 0 Å². The van der Waals surface area contributed by atoms with Gasteiger partial charge in [0, 0.05) is 5.70 Å². The zero-order chi connectivity index (χ0) is 12.8. The maximum Gasteiger partial charge on any atom is 0.335 e. The Balaban J connectivity index is 2.52. The van der Waals surface area contributed by atoms with Crippen LogP contribution in [0.4, 0.5) is 0 Å². The van der Waals surface area contributed by atoms with E-state index in [9.17, 15) is 4.79 Å². The van der Waals surface area contributed by atoms with E-state index < -0.39 is 0 Å². The maximum atomic E-state index is 11.7. The van der Waals surface area contributed by atoms with Gasteiger partial charge in [-0.2, -0.15) is 0 Å². The van der Waals surface area contributed by atoms with Gasteiger partial charge in [-0.15, -0.1) is 0 Å². The fourth-order valence-corrected chi connectivity index (χ4v) is 1.86. The van der Waals surface area contributed by atoms with Gasteiger partial charge in [0.05, 0.1) is 24.4 Å². The Bertz CT molecular complexity index is 297. The van der Waals surface area contributed by atoms with Crippen molar-refractivity contribution in [2.75, 3.05) is 6.61 Å². The molecule has 0 aromatic heterocycles. The molecule has 0 heterocycles. The fraction of sp³-hybridized carbons (Fsp3) is 0.769. The Hall–Kier alpha value is -1.03. The lowest BCUT2D eigenvalue weighted by Crippen LogP contribution is -2.22. The van der Waals surface area contributed by atoms with Crippen LogP contribution in [0.1, 0.15) is 46.5 Å². The number of carbonyl (C=O) groups excluding carboxylic acids is 1. The van der Waals surface area contributed by atoms with E-state index in [1.807, 2.05) is 13.8 Å². The minimum absolute atomic E-state index is 0.119. The maximum absolute atomic E-state index is 11.7. The molecular formula is C13H23NO3. The van der Waals surface area contributed by atoms with E-state index in [0.29, 0.717) is 24.3 Å². The van der Waals surface area contributed by atoms with E-state index in [0.717, 1.165) is 19.3 Å². The van der Waals surface area contributed by atoms with Gasteiger partial charge in [0.1, 0.15) is 0 Å². The highest BCUT2D eigenvalue weighted by Crippen LogP contribution is 2.27. The Morgan fingerprint density at radius 2 is 2.24 bits per heavy atom. The van der Waals surface area contributed by atoms with Gasteiger partial charge in [-0.25, -0.2) is 4.79 Å². The predicted octanol–water partition coefficient (Wildman–Crippen LogP) is 2.13. The molecular weight excluding hydrogens is 218 g/mol. The van der Waals surface area contributed by atoms with Gasteiger partial charge in [-0.05, 0) is 33.1 Å². The summed E-state index contributed by atoms with van der Waals surface area (Å²) in [5.41, 5.74) is 7.09. The highest BCUT2D eigenvalue weighted by molar-refractivity contribution is 5.90. The molecule has 0 spiro atoms. The van der Waals surface area contributed by atoms with Crippen LogP contribution < -0.4 is 5.73 Å². The molecule has 0 bridgehead atoms. The van der Waals surface area contributed by atoms with Crippen molar-refractivity contribution >= 4 is 5.97 Å². The monoisotopic (exact) mass is 241 g/mol. The molecule has 98 valence electrons. The van der Waals surface area contributed by atoms with E-state index in [4.69, 9.17) is 15.2 Å². The number of esters is 1. The van der Waals surface area contributed by atoms with Crippen LogP contribution in [-0.4, -0.2) is 24.8 Å². The second-order valence-electron chi connectivity index (χ2n) is 4.64. The van der Waals surface area contributed by atoms with Crippen molar-refractivity contribution in [2.45, 2.75) is 58.7 Å². The molecule has 0 fully saturated rings. The number of nitrogens with two attached hydrogens (primary N) is 1. The summed E-state index contributed by atoms with van der Waals surface area (Å²) in [6, 6.07) is 0. The molecule has 0 aromatic carbocycles. The van der Waals surface area contributed by atoms with Crippen molar-refractivity contribution in [3.63, 3.8) is 0 Å². The van der Waals surface area contributed by atoms with Gasteiger partial charge in [0.15, 0.2) is 0 Å². The third-order valence-electron chi connectivity index (χ3n) is 2.77. The molecule has 0 aliphatic heterocycles. The number of rotatable bonds is 6. The molecule has 4 nitrogen and oxygen atoms in total. The third-order valence-corrected chi connectivity index (χ3v) is 2.77. The van der Waals surface area contributed by atoms with E-state index in [1.54, 1.807) is 0 Å². The molecule has 2 N–H and O–H groups in total. The molecule has 17 heavy (non-hydrogen) atoms. The lowest BCUT2D eigenvalue weighted by molar-refractivity contribution is -0.139.